The van der Waals surface area contributed by atoms with E-state index in [4.69, 9.17) is 0 Å². The number of rotatable bonds is 2. The molecule has 0 fully saturated rings. The van der Waals surface area contributed by atoms with Crippen molar-refractivity contribution in [2.75, 3.05) is 13.6 Å². The monoisotopic (exact) mass is 249 g/mol. The molecule has 1 aromatic rings. The molecule has 0 N–H and O–H groups in total. The Morgan fingerprint density at radius 1 is 1.35 bits per heavy atom. The molecule has 0 aliphatic rings. The Labute approximate surface area is 95.8 Å². The van der Waals surface area contributed by atoms with Gasteiger partial charge in [-0.15, -0.1) is 0 Å². The van der Waals surface area contributed by atoms with Gasteiger partial charge in [0.2, 0.25) is 0 Å². The second kappa shape index (κ2) is 4.73. The molecule has 0 unspecified atom stereocenters. The molecule has 0 atom stereocenters. The predicted molar refractivity (Wildman–Crippen MR) is 54.2 cm³/mol. The van der Waals surface area contributed by atoms with E-state index in [9.17, 15) is 22.4 Å². The molecular weight excluding hydrogens is 238 g/mol. The van der Waals surface area contributed by atoms with Gasteiger partial charge in [0.15, 0.2) is 0 Å². The third-order valence-electron chi connectivity index (χ3n) is 2.17. The van der Waals surface area contributed by atoms with Crippen LogP contribution in [0, 0.1) is 12.7 Å². The summed E-state index contributed by atoms with van der Waals surface area (Å²) in [6, 6.07) is 3.45. The van der Waals surface area contributed by atoms with E-state index in [1.807, 2.05) is 0 Å². The van der Waals surface area contributed by atoms with E-state index in [1.54, 1.807) is 0 Å². The van der Waals surface area contributed by atoms with Crippen LogP contribution in [0.2, 0.25) is 0 Å². The Bertz CT molecular complexity index is 428. The second-order valence-corrected chi connectivity index (χ2v) is 3.74. The van der Waals surface area contributed by atoms with Crippen molar-refractivity contribution < 1.29 is 22.4 Å². The molecule has 1 amide bonds. The van der Waals surface area contributed by atoms with E-state index < -0.39 is 24.4 Å². The van der Waals surface area contributed by atoms with Gasteiger partial charge >= 0.3 is 6.18 Å². The molecule has 94 valence electrons. The number of nitrogens with zero attached hydrogens (tertiary/aromatic N) is 1. The Balaban J connectivity index is 2.85. The van der Waals surface area contributed by atoms with Gasteiger partial charge in [0.25, 0.3) is 5.91 Å². The summed E-state index contributed by atoms with van der Waals surface area (Å²) in [4.78, 5) is 12.1. The normalized spacial score (nSPS) is 11.4. The SMILES string of the molecule is Cc1cc(C(=O)N(C)CC(F)(F)F)ccc1F. The van der Waals surface area contributed by atoms with Gasteiger partial charge in [-0.25, -0.2) is 4.39 Å². The number of carbonyl (C=O) groups excluding carboxylic acids is 1. The summed E-state index contributed by atoms with van der Waals surface area (Å²) in [5, 5.41) is 0. The van der Waals surface area contributed by atoms with Crippen molar-refractivity contribution in [2.24, 2.45) is 0 Å². The smallest absolute Gasteiger partial charge is 0.333 e. The van der Waals surface area contributed by atoms with Crippen LogP contribution in [0.3, 0.4) is 0 Å². The van der Waals surface area contributed by atoms with E-state index in [0.717, 1.165) is 19.2 Å². The van der Waals surface area contributed by atoms with Crippen LogP contribution in [0.4, 0.5) is 17.6 Å². The highest BCUT2D eigenvalue weighted by molar-refractivity contribution is 5.94. The third kappa shape index (κ3) is 3.72. The summed E-state index contributed by atoms with van der Waals surface area (Å²) in [6.07, 6.45) is -4.44. The molecule has 0 aliphatic heterocycles. The first kappa shape index (κ1) is 13.5. The summed E-state index contributed by atoms with van der Waals surface area (Å²) in [5.41, 5.74) is 0.256. The minimum atomic E-state index is -4.44. The lowest BCUT2D eigenvalue weighted by molar-refractivity contribution is -0.138. The molecule has 0 heterocycles. The molecular formula is C11H11F4NO. The lowest BCUT2D eigenvalue weighted by Crippen LogP contribution is -2.35. The van der Waals surface area contributed by atoms with Crippen LogP contribution in [0.25, 0.3) is 0 Å². The Morgan fingerprint density at radius 2 is 1.94 bits per heavy atom. The zero-order chi connectivity index (χ0) is 13.2. The van der Waals surface area contributed by atoms with Crippen molar-refractivity contribution in [1.82, 2.24) is 4.90 Å². The average Bonchev–Trinajstić information content (AvgIpc) is 2.18. The van der Waals surface area contributed by atoms with Gasteiger partial charge < -0.3 is 4.90 Å². The van der Waals surface area contributed by atoms with Gasteiger partial charge in [-0.05, 0) is 30.7 Å². The van der Waals surface area contributed by atoms with E-state index in [1.165, 1.54) is 13.0 Å². The number of amides is 1. The largest absolute Gasteiger partial charge is 0.406 e. The number of benzene rings is 1. The predicted octanol–water partition coefficient (Wildman–Crippen LogP) is 2.77. The summed E-state index contributed by atoms with van der Waals surface area (Å²) >= 11 is 0. The van der Waals surface area contributed by atoms with Gasteiger partial charge in [0.05, 0.1) is 0 Å². The molecule has 0 aliphatic carbocycles. The number of alkyl halides is 3. The van der Waals surface area contributed by atoms with Crippen LogP contribution < -0.4 is 0 Å². The first-order valence-electron chi connectivity index (χ1n) is 4.79. The van der Waals surface area contributed by atoms with E-state index in [0.29, 0.717) is 4.90 Å². The van der Waals surface area contributed by atoms with Gasteiger partial charge in [0.1, 0.15) is 12.4 Å². The lowest BCUT2D eigenvalue weighted by atomic mass is 10.1. The fraction of sp³-hybridized carbons (Fsp3) is 0.364. The molecule has 0 bridgehead atoms. The number of carbonyl (C=O) groups is 1. The van der Waals surface area contributed by atoms with Crippen molar-refractivity contribution in [2.45, 2.75) is 13.1 Å². The van der Waals surface area contributed by atoms with Crippen molar-refractivity contribution in [3.63, 3.8) is 0 Å². The van der Waals surface area contributed by atoms with E-state index in [-0.39, 0.29) is 11.1 Å². The van der Waals surface area contributed by atoms with Crippen LogP contribution in [0.1, 0.15) is 15.9 Å². The molecule has 17 heavy (non-hydrogen) atoms. The number of aryl methyl sites for hydroxylation is 1. The standard InChI is InChI=1S/C11H11F4NO/c1-7-5-8(3-4-9(7)12)10(17)16(2)6-11(13,14)15/h3-5H,6H2,1-2H3. The van der Waals surface area contributed by atoms with Gasteiger partial charge in [0, 0.05) is 12.6 Å². The maximum atomic E-state index is 12.9. The zero-order valence-electron chi connectivity index (χ0n) is 9.31. The fourth-order valence-corrected chi connectivity index (χ4v) is 1.34. The summed E-state index contributed by atoms with van der Waals surface area (Å²) in [6.45, 7) is 0.109. The molecule has 1 rings (SSSR count). The third-order valence-corrected chi connectivity index (χ3v) is 2.17. The van der Waals surface area contributed by atoms with Crippen LogP contribution >= 0.6 is 0 Å². The molecule has 2 nitrogen and oxygen atoms in total. The first-order valence-corrected chi connectivity index (χ1v) is 4.79. The van der Waals surface area contributed by atoms with Crippen LogP contribution in [0.5, 0.6) is 0 Å². The first-order chi connectivity index (χ1) is 7.70. The average molecular weight is 249 g/mol. The minimum Gasteiger partial charge on any atom is -0.333 e. The highest BCUT2D eigenvalue weighted by atomic mass is 19.4. The van der Waals surface area contributed by atoms with Crippen molar-refractivity contribution >= 4 is 5.91 Å². The fourth-order valence-electron chi connectivity index (χ4n) is 1.34. The van der Waals surface area contributed by atoms with Crippen LogP contribution in [0.15, 0.2) is 18.2 Å². The molecule has 0 radical (unpaired) electrons. The number of halogens is 4. The molecule has 1 aromatic carbocycles. The number of hydrogen-bond donors (Lipinski definition) is 0. The molecule has 0 saturated heterocycles. The highest BCUT2D eigenvalue weighted by Crippen LogP contribution is 2.17. The second-order valence-electron chi connectivity index (χ2n) is 3.74. The Hall–Kier alpha value is -1.59. The quantitative estimate of drug-likeness (QED) is 0.738. The maximum Gasteiger partial charge on any atom is 0.406 e. The maximum absolute atomic E-state index is 12.9. The van der Waals surface area contributed by atoms with Crippen LogP contribution in [-0.4, -0.2) is 30.6 Å². The number of hydrogen-bond acceptors (Lipinski definition) is 1. The molecule has 0 spiro atoms. The summed E-state index contributed by atoms with van der Waals surface area (Å²) in [5.74, 6) is -1.29. The minimum absolute atomic E-state index is 0.0376. The molecule has 0 saturated carbocycles. The van der Waals surface area contributed by atoms with Gasteiger partial charge in [-0.3, -0.25) is 4.79 Å². The van der Waals surface area contributed by atoms with Crippen LogP contribution in [-0.2, 0) is 0 Å². The van der Waals surface area contributed by atoms with Gasteiger partial charge in [-0.1, -0.05) is 0 Å². The molecule has 6 heteroatoms. The van der Waals surface area contributed by atoms with Gasteiger partial charge in [-0.2, -0.15) is 13.2 Å². The van der Waals surface area contributed by atoms with Crippen molar-refractivity contribution in [3.05, 3.63) is 35.1 Å². The summed E-state index contributed by atoms with van der Waals surface area (Å²) in [7, 11) is 1.05. The zero-order valence-corrected chi connectivity index (χ0v) is 9.31. The highest BCUT2D eigenvalue weighted by Gasteiger charge is 2.31. The van der Waals surface area contributed by atoms with E-state index in [2.05, 4.69) is 0 Å². The van der Waals surface area contributed by atoms with Crippen molar-refractivity contribution in [3.8, 4) is 0 Å². The Kier molecular flexibility index (Phi) is 3.75. The summed E-state index contributed by atoms with van der Waals surface area (Å²) < 4.78 is 49.1. The molecule has 0 aromatic heterocycles. The Morgan fingerprint density at radius 3 is 2.41 bits per heavy atom. The van der Waals surface area contributed by atoms with E-state index >= 15 is 0 Å². The lowest BCUT2D eigenvalue weighted by Gasteiger charge is -2.19. The topological polar surface area (TPSA) is 20.3 Å². The van der Waals surface area contributed by atoms with Crippen molar-refractivity contribution in [1.29, 1.82) is 0 Å².